The molecule has 0 radical (unpaired) electrons. The van der Waals surface area contributed by atoms with Crippen molar-refractivity contribution in [2.45, 2.75) is 6.92 Å². The zero-order valence-electron chi connectivity index (χ0n) is 23.0. The molecule has 2 aromatic carbocycles. The highest BCUT2D eigenvalue weighted by Crippen LogP contribution is 2.25. The fourth-order valence-electron chi connectivity index (χ4n) is 4.30. The van der Waals surface area contributed by atoms with Gasteiger partial charge in [0.2, 0.25) is 0 Å². The molecule has 5 rings (SSSR count). The third kappa shape index (κ3) is 5.45. The van der Waals surface area contributed by atoms with Crippen LogP contribution in [0.4, 0.5) is 17.3 Å². The fraction of sp³-hybridized carbons (Fsp3) is 0.133. The van der Waals surface area contributed by atoms with E-state index in [-0.39, 0.29) is 24.0 Å². The van der Waals surface area contributed by atoms with Crippen LogP contribution in [-0.4, -0.2) is 56.7 Å². The number of imidazole rings is 1. The average molecular weight is 563 g/mol. The summed E-state index contributed by atoms with van der Waals surface area (Å²) in [5, 5.41) is 2.77. The maximum absolute atomic E-state index is 13.9. The lowest BCUT2D eigenvalue weighted by Gasteiger charge is -2.15. The zero-order chi connectivity index (χ0) is 29.8. The number of methoxy groups -OCH3 is 1. The number of nitrogen functional groups attached to an aromatic ring is 1. The molecule has 0 atom stereocenters. The monoisotopic (exact) mass is 562 g/mol. The molecule has 2 amide bonds. The third-order valence-electron chi connectivity index (χ3n) is 6.39. The molecule has 0 aliphatic rings. The molecule has 5 aromatic rings. The van der Waals surface area contributed by atoms with Crippen molar-refractivity contribution in [1.82, 2.24) is 24.1 Å². The first kappa shape index (κ1) is 27.8. The van der Waals surface area contributed by atoms with Crippen LogP contribution in [0.25, 0.3) is 22.5 Å². The van der Waals surface area contributed by atoms with Crippen molar-refractivity contribution in [3.8, 4) is 23.2 Å². The molecule has 0 spiro atoms. The number of carbonyl (C=O) groups excluding carboxylic acids is 2. The van der Waals surface area contributed by atoms with Crippen LogP contribution in [0.5, 0.6) is 0 Å². The van der Waals surface area contributed by atoms with E-state index in [2.05, 4.69) is 32.1 Å². The number of nitrogens with zero attached hydrogens (tertiary/aromatic N) is 6. The molecule has 3 aromatic heterocycles. The van der Waals surface area contributed by atoms with Gasteiger partial charge in [-0.3, -0.25) is 14.2 Å². The van der Waals surface area contributed by atoms with Gasteiger partial charge in [-0.2, -0.15) is 0 Å². The maximum Gasteiger partial charge on any atom is 0.339 e. The first-order valence-corrected chi connectivity index (χ1v) is 12.7. The molecule has 42 heavy (non-hydrogen) atoms. The standard InChI is InChI=1S/C30H26N8O4/c1-19-13-14-32-24(16-19)35-29(40)20-9-11-21(12-10-20)37-26-27(31)33-18-34-28(26)38(30(37)41)23-7-4-6-22(17-23)36(2)25(39)8-5-15-42-3/h4,6-7,9-14,16-18H,15H2,1-3H3,(H2,31,33,34)(H,32,35,40). The van der Waals surface area contributed by atoms with Gasteiger partial charge in [0.05, 0.1) is 11.4 Å². The first-order valence-electron chi connectivity index (χ1n) is 12.7. The van der Waals surface area contributed by atoms with Gasteiger partial charge in [0.25, 0.3) is 5.91 Å². The number of rotatable bonds is 6. The number of hydrogen-bond donors (Lipinski definition) is 2. The van der Waals surface area contributed by atoms with Crippen LogP contribution in [0.15, 0.2) is 78.0 Å². The van der Waals surface area contributed by atoms with Crippen LogP contribution in [0, 0.1) is 18.8 Å². The molecule has 3 N–H and O–H groups in total. The number of aryl methyl sites for hydroxylation is 1. The van der Waals surface area contributed by atoms with Gasteiger partial charge >= 0.3 is 11.6 Å². The third-order valence-corrected chi connectivity index (χ3v) is 6.39. The summed E-state index contributed by atoms with van der Waals surface area (Å²) in [6, 6.07) is 16.9. The molecular weight excluding hydrogens is 536 g/mol. The maximum atomic E-state index is 13.9. The van der Waals surface area contributed by atoms with Crippen molar-refractivity contribution in [3.05, 3.63) is 94.8 Å². The Morgan fingerprint density at radius 2 is 1.81 bits per heavy atom. The minimum atomic E-state index is -0.468. The predicted molar refractivity (Wildman–Crippen MR) is 159 cm³/mol. The number of benzene rings is 2. The van der Waals surface area contributed by atoms with Crippen LogP contribution in [0.2, 0.25) is 0 Å². The van der Waals surface area contributed by atoms with E-state index in [1.54, 1.807) is 67.8 Å². The predicted octanol–water partition coefficient (Wildman–Crippen LogP) is 2.72. The lowest BCUT2D eigenvalue weighted by atomic mass is 10.2. The second kappa shape index (κ2) is 11.7. The van der Waals surface area contributed by atoms with Crippen molar-refractivity contribution in [2.24, 2.45) is 0 Å². The van der Waals surface area contributed by atoms with E-state index in [0.717, 1.165) is 5.56 Å². The Morgan fingerprint density at radius 3 is 2.55 bits per heavy atom. The number of hydrogen-bond acceptors (Lipinski definition) is 8. The normalized spacial score (nSPS) is 10.6. The van der Waals surface area contributed by atoms with Crippen molar-refractivity contribution in [1.29, 1.82) is 0 Å². The highest BCUT2D eigenvalue weighted by atomic mass is 16.5. The average Bonchev–Trinajstić information content (AvgIpc) is 3.29. The SMILES string of the molecule is COCC#CC(=O)N(C)c1cccc(-n2c(=O)n(-c3ccc(C(=O)Nc4cc(C)ccn4)cc3)c3c(N)ncnc32)c1. The number of aromatic nitrogens is 5. The summed E-state index contributed by atoms with van der Waals surface area (Å²) in [5.74, 6) is 4.90. The first-order chi connectivity index (χ1) is 20.3. The van der Waals surface area contributed by atoms with Crippen LogP contribution in [0.1, 0.15) is 15.9 Å². The van der Waals surface area contributed by atoms with E-state index < -0.39 is 11.6 Å². The lowest BCUT2D eigenvalue weighted by molar-refractivity contribution is -0.113. The van der Waals surface area contributed by atoms with Crippen molar-refractivity contribution in [2.75, 3.05) is 36.7 Å². The Hall–Kier alpha value is -5.80. The van der Waals surface area contributed by atoms with Crippen molar-refractivity contribution < 1.29 is 14.3 Å². The Labute approximate surface area is 240 Å². The number of anilines is 3. The Bertz CT molecular complexity index is 1930. The van der Waals surface area contributed by atoms with Crippen molar-refractivity contribution >= 4 is 40.3 Å². The van der Waals surface area contributed by atoms with Crippen LogP contribution >= 0.6 is 0 Å². The minimum absolute atomic E-state index is 0.0973. The van der Waals surface area contributed by atoms with Gasteiger partial charge in [-0.25, -0.2) is 24.3 Å². The molecule has 12 nitrogen and oxygen atoms in total. The second-order valence-corrected chi connectivity index (χ2v) is 9.22. The lowest BCUT2D eigenvalue weighted by Crippen LogP contribution is -2.25. The number of carbonyl (C=O) groups is 2. The summed E-state index contributed by atoms with van der Waals surface area (Å²) >= 11 is 0. The van der Waals surface area contributed by atoms with Gasteiger partial charge in [-0.05, 0) is 73.0 Å². The fourth-order valence-corrected chi connectivity index (χ4v) is 4.30. The van der Waals surface area contributed by atoms with E-state index in [4.69, 9.17) is 10.5 Å². The summed E-state index contributed by atoms with van der Waals surface area (Å²) in [6.45, 7) is 2.04. The molecule has 0 unspecified atom stereocenters. The molecule has 210 valence electrons. The van der Waals surface area contributed by atoms with Gasteiger partial charge in [-0.1, -0.05) is 12.0 Å². The molecule has 0 bridgehead atoms. The minimum Gasteiger partial charge on any atom is -0.382 e. The number of fused-ring (bicyclic) bond motifs is 1. The van der Waals surface area contributed by atoms with Gasteiger partial charge in [0.1, 0.15) is 24.3 Å². The molecule has 0 aliphatic carbocycles. The highest BCUT2D eigenvalue weighted by molar-refractivity contribution is 6.05. The Balaban J connectivity index is 1.53. The number of nitrogens with two attached hydrogens (primary N) is 1. The summed E-state index contributed by atoms with van der Waals surface area (Å²) in [4.78, 5) is 53.2. The quantitative estimate of drug-likeness (QED) is 0.300. The van der Waals surface area contributed by atoms with E-state index >= 15 is 0 Å². The zero-order valence-corrected chi connectivity index (χ0v) is 23.0. The number of nitrogens with one attached hydrogen (secondary N) is 1. The van der Waals surface area contributed by atoms with Gasteiger partial charge in [0, 0.05) is 31.6 Å². The molecule has 0 aliphatic heterocycles. The Kier molecular flexibility index (Phi) is 7.76. The van der Waals surface area contributed by atoms with Crippen molar-refractivity contribution in [3.63, 3.8) is 0 Å². The number of ether oxygens (including phenoxy) is 1. The summed E-state index contributed by atoms with van der Waals surface area (Å²) in [6.07, 6.45) is 2.89. The van der Waals surface area contributed by atoms with Gasteiger partial charge < -0.3 is 20.7 Å². The van der Waals surface area contributed by atoms with E-state index in [9.17, 15) is 14.4 Å². The summed E-state index contributed by atoms with van der Waals surface area (Å²) in [5.41, 5.74) is 9.08. The van der Waals surface area contributed by atoms with E-state index in [1.807, 2.05) is 13.0 Å². The van der Waals surface area contributed by atoms with Gasteiger partial charge in [-0.15, -0.1) is 0 Å². The largest absolute Gasteiger partial charge is 0.382 e. The van der Waals surface area contributed by atoms with Crippen LogP contribution in [0.3, 0.4) is 0 Å². The summed E-state index contributed by atoms with van der Waals surface area (Å²) < 4.78 is 7.64. The summed E-state index contributed by atoms with van der Waals surface area (Å²) in [7, 11) is 3.08. The molecule has 0 fully saturated rings. The second-order valence-electron chi connectivity index (χ2n) is 9.22. The molecular formula is C30H26N8O4. The number of pyridine rings is 1. The van der Waals surface area contributed by atoms with Crippen LogP contribution < -0.4 is 21.6 Å². The molecule has 0 saturated heterocycles. The van der Waals surface area contributed by atoms with Crippen LogP contribution in [-0.2, 0) is 9.53 Å². The molecule has 12 heteroatoms. The highest BCUT2D eigenvalue weighted by Gasteiger charge is 2.21. The van der Waals surface area contributed by atoms with E-state index in [1.165, 1.54) is 27.5 Å². The smallest absolute Gasteiger partial charge is 0.339 e. The topological polar surface area (TPSA) is 150 Å². The molecule has 0 saturated carbocycles. The van der Waals surface area contributed by atoms with E-state index in [0.29, 0.717) is 34.0 Å². The van der Waals surface area contributed by atoms with Gasteiger partial charge in [0.15, 0.2) is 11.5 Å². The molecule has 3 heterocycles. The number of amides is 2. The Morgan fingerprint density at radius 1 is 1.02 bits per heavy atom.